The average molecular weight is 368 g/mol. The van der Waals surface area contributed by atoms with Gasteiger partial charge in [-0.1, -0.05) is 28.6 Å². The van der Waals surface area contributed by atoms with Gasteiger partial charge in [0.15, 0.2) is 16.6 Å². The zero-order valence-electron chi connectivity index (χ0n) is 13.6. The summed E-state index contributed by atoms with van der Waals surface area (Å²) >= 11 is 1.46. The monoisotopic (exact) mass is 368 g/mol. The van der Waals surface area contributed by atoms with Gasteiger partial charge in [0.25, 0.3) is 5.89 Å². The smallest absolute Gasteiger partial charge is 0.322 e. The van der Waals surface area contributed by atoms with Crippen LogP contribution >= 0.6 is 11.3 Å². The van der Waals surface area contributed by atoms with E-state index < -0.39 is 0 Å². The molecule has 0 saturated carbocycles. The van der Waals surface area contributed by atoms with E-state index in [9.17, 15) is 0 Å². The number of para-hydroxylation sites is 1. The Labute approximate surface area is 151 Å². The second-order valence-electron chi connectivity index (χ2n) is 5.43. The van der Waals surface area contributed by atoms with E-state index in [1.165, 1.54) is 11.3 Å². The highest BCUT2D eigenvalue weighted by Gasteiger charge is 2.18. The number of anilines is 2. The third-order valence-corrected chi connectivity index (χ3v) is 4.79. The summed E-state index contributed by atoms with van der Waals surface area (Å²) < 4.78 is 22.8. The first-order valence-corrected chi connectivity index (χ1v) is 8.56. The number of thiazole rings is 1. The highest BCUT2D eigenvalue weighted by atomic mass is 32.1. The first-order chi connectivity index (χ1) is 12.8. The summed E-state index contributed by atoms with van der Waals surface area (Å²) in [6.45, 7) is 0.241. The average Bonchev–Trinajstić information content (AvgIpc) is 3.38. The van der Waals surface area contributed by atoms with Crippen LogP contribution in [0.2, 0.25) is 0 Å². The van der Waals surface area contributed by atoms with E-state index in [4.69, 9.17) is 18.6 Å². The summed E-state index contributed by atoms with van der Waals surface area (Å²) in [6.07, 6.45) is 0. The fourth-order valence-electron chi connectivity index (χ4n) is 2.67. The molecule has 0 amide bonds. The Morgan fingerprint density at radius 2 is 1.96 bits per heavy atom. The van der Waals surface area contributed by atoms with Gasteiger partial charge in [0.1, 0.15) is 5.75 Å². The minimum absolute atomic E-state index is 0.241. The Morgan fingerprint density at radius 1 is 1.12 bits per heavy atom. The van der Waals surface area contributed by atoms with E-state index in [1.54, 1.807) is 7.11 Å². The van der Waals surface area contributed by atoms with Gasteiger partial charge in [-0.05, 0) is 12.1 Å². The van der Waals surface area contributed by atoms with Gasteiger partial charge in [-0.15, -0.1) is 5.10 Å². The van der Waals surface area contributed by atoms with Gasteiger partial charge in [0, 0.05) is 12.1 Å². The van der Waals surface area contributed by atoms with Crippen molar-refractivity contribution in [1.29, 1.82) is 0 Å². The molecule has 0 radical (unpaired) electrons. The van der Waals surface area contributed by atoms with Crippen molar-refractivity contribution in [3.05, 3.63) is 36.4 Å². The van der Waals surface area contributed by atoms with Crippen molar-refractivity contribution >= 4 is 32.7 Å². The quantitative estimate of drug-likeness (QED) is 0.581. The summed E-state index contributed by atoms with van der Waals surface area (Å²) in [5.41, 5.74) is 1.54. The van der Waals surface area contributed by atoms with Gasteiger partial charge < -0.3 is 18.6 Å². The fraction of sp³-hybridized carbons (Fsp3) is 0.118. The molecule has 0 aliphatic carbocycles. The van der Waals surface area contributed by atoms with Crippen molar-refractivity contribution in [1.82, 2.24) is 15.2 Å². The SMILES string of the molecule is COc1ccccc1-c1nnc(Nc2nc3cc4c(cc3s2)OCO4)o1. The van der Waals surface area contributed by atoms with Crippen molar-refractivity contribution in [2.24, 2.45) is 0 Å². The molecule has 0 saturated heterocycles. The van der Waals surface area contributed by atoms with E-state index in [1.807, 2.05) is 36.4 Å². The molecule has 1 aliphatic heterocycles. The van der Waals surface area contributed by atoms with Gasteiger partial charge in [-0.25, -0.2) is 4.98 Å². The minimum Gasteiger partial charge on any atom is -0.496 e. The van der Waals surface area contributed by atoms with Crippen molar-refractivity contribution in [3.8, 4) is 28.7 Å². The Bertz CT molecular complexity index is 1070. The highest BCUT2D eigenvalue weighted by molar-refractivity contribution is 7.22. The highest BCUT2D eigenvalue weighted by Crippen LogP contribution is 2.39. The van der Waals surface area contributed by atoms with Crippen LogP contribution in [0.4, 0.5) is 11.1 Å². The van der Waals surface area contributed by atoms with Crippen LogP contribution < -0.4 is 19.5 Å². The third kappa shape index (κ3) is 2.49. The number of benzene rings is 2. The number of fused-ring (bicyclic) bond motifs is 2. The molecule has 0 spiro atoms. The fourth-order valence-corrected chi connectivity index (χ4v) is 3.53. The molecule has 2 aromatic carbocycles. The predicted octanol–water partition coefficient (Wildman–Crippen LogP) is 3.83. The van der Waals surface area contributed by atoms with Crippen LogP contribution in [0.25, 0.3) is 21.7 Å². The molecule has 9 heteroatoms. The maximum atomic E-state index is 5.70. The molecule has 0 bridgehead atoms. The molecule has 0 unspecified atom stereocenters. The summed E-state index contributed by atoms with van der Waals surface area (Å²) in [7, 11) is 1.60. The number of aromatic nitrogens is 3. The van der Waals surface area contributed by atoms with E-state index in [0.717, 1.165) is 21.5 Å². The first-order valence-electron chi connectivity index (χ1n) is 7.74. The van der Waals surface area contributed by atoms with Crippen LogP contribution in [0, 0.1) is 0 Å². The summed E-state index contributed by atoms with van der Waals surface area (Å²) in [4.78, 5) is 4.52. The molecular formula is C17H12N4O4S. The number of hydrogen-bond donors (Lipinski definition) is 1. The largest absolute Gasteiger partial charge is 0.496 e. The molecule has 1 N–H and O–H groups in total. The van der Waals surface area contributed by atoms with Crippen molar-refractivity contribution < 1.29 is 18.6 Å². The zero-order chi connectivity index (χ0) is 17.5. The van der Waals surface area contributed by atoms with Gasteiger partial charge in [-0.3, -0.25) is 5.32 Å². The van der Waals surface area contributed by atoms with Crippen LogP contribution in [0.5, 0.6) is 17.2 Å². The standard InChI is InChI=1S/C17H12N4O4S/c1-22-11-5-3-2-4-9(11)15-20-21-16(25-15)19-17-18-10-6-12-13(24-8-23-12)7-14(10)26-17/h2-7H,8H2,1H3,(H,18,19,21). The van der Waals surface area contributed by atoms with E-state index in [0.29, 0.717) is 22.5 Å². The van der Waals surface area contributed by atoms with E-state index >= 15 is 0 Å². The molecule has 8 nitrogen and oxygen atoms in total. The van der Waals surface area contributed by atoms with Crippen molar-refractivity contribution in [3.63, 3.8) is 0 Å². The van der Waals surface area contributed by atoms with Gasteiger partial charge in [0.2, 0.25) is 6.79 Å². The van der Waals surface area contributed by atoms with Crippen LogP contribution in [-0.4, -0.2) is 29.1 Å². The van der Waals surface area contributed by atoms with Gasteiger partial charge >= 0.3 is 6.01 Å². The molecule has 2 aromatic heterocycles. The molecule has 0 atom stereocenters. The predicted molar refractivity (Wildman–Crippen MR) is 95.3 cm³/mol. The van der Waals surface area contributed by atoms with Crippen molar-refractivity contribution in [2.45, 2.75) is 0 Å². The maximum absolute atomic E-state index is 5.70. The number of methoxy groups -OCH3 is 1. The number of ether oxygens (including phenoxy) is 3. The van der Waals surface area contributed by atoms with E-state index in [-0.39, 0.29) is 12.8 Å². The van der Waals surface area contributed by atoms with Crippen molar-refractivity contribution in [2.75, 3.05) is 19.2 Å². The number of rotatable bonds is 4. The van der Waals surface area contributed by atoms with Crippen LogP contribution in [-0.2, 0) is 0 Å². The Morgan fingerprint density at radius 3 is 2.85 bits per heavy atom. The van der Waals surface area contributed by atoms with Crippen LogP contribution in [0.3, 0.4) is 0 Å². The molecule has 26 heavy (non-hydrogen) atoms. The second-order valence-corrected chi connectivity index (χ2v) is 6.46. The van der Waals surface area contributed by atoms with Gasteiger partial charge in [-0.2, -0.15) is 0 Å². The molecule has 3 heterocycles. The molecule has 5 rings (SSSR count). The second kappa shape index (κ2) is 5.88. The number of hydrogen-bond acceptors (Lipinski definition) is 9. The van der Waals surface area contributed by atoms with Crippen LogP contribution in [0.1, 0.15) is 0 Å². The Hall–Kier alpha value is -3.33. The summed E-state index contributed by atoms with van der Waals surface area (Å²) in [5.74, 6) is 2.46. The molecular weight excluding hydrogens is 356 g/mol. The normalized spacial score (nSPS) is 12.5. The first kappa shape index (κ1) is 15.0. The number of nitrogens with one attached hydrogen (secondary N) is 1. The van der Waals surface area contributed by atoms with Crippen LogP contribution in [0.15, 0.2) is 40.8 Å². The Kier molecular flexibility index (Phi) is 3.39. The summed E-state index contributed by atoms with van der Waals surface area (Å²) in [6, 6.07) is 11.5. The summed E-state index contributed by atoms with van der Waals surface area (Å²) in [5, 5.41) is 11.8. The lowest BCUT2D eigenvalue weighted by molar-refractivity contribution is 0.174. The van der Waals surface area contributed by atoms with Gasteiger partial charge in [0.05, 0.1) is 22.9 Å². The molecule has 4 aromatic rings. The lowest BCUT2D eigenvalue weighted by Crippen LogP contribution is -1.92. The lowest BCUT2D eigenvalue weighted by Gasteiger charge is -2.03. The third-order valence-electron chi connectivity index (χ3n) is 3.86. The topological polar surface area (TPSA) is 91.5 Å². The zero-order valence-corrected chi connectivity index (χ0v) is 14.4. The van der Waals surface area contributed by atoms with E-state index in [2.05, 4.69) is 20.5 Å². The number of nitrogens with zero attached hydrogens (tertiary/aromatic N) is 3. The maximum Gasteiger partial charge on any atom is 0.322 e. The molecule has 0 fully saturated rings. The Balaban J connectivity index is 1.43. The minimum atomic E-state index is 0.241. The molecule has 1 aliphatic rings. The molecule has 130 valence electrons. The lowest BCUT2D eigenvalue weighted by atomic mass is 10.2.